The summed E-state index contributed by atoms with van der Waals surface area (Å²) in [7, 11) is 0. The van der Waals surface area contributed by atoms with Gasteiger partial charge < -0.3 is 5.73 Å². The highest BCUT2D eigenvalue weighted by molar-refractivity contribution is 9.10. The number of anilines is 1. The lowest BCUT2D eigenvalue weighted by Gasteiger charge is -2.11. The number of ketones is 1. The molecule has 0 atom stereocenters. The number of carbonyl (C=O) groups excluding carboxylic acids is 1. The number of halogens is 2. The first kappa shape index (κ1) is 14.1. The molecule has 4 nitrogen and oxygen atoms in total. The second-order valence-electron chi connectivity index (χ2n) is 4.44. The first-order valence-electron chi connectivity index (χ1n) is 5.74. The summed E-state index contributed by atoms with van der Waals surface area (Å²) in [4.78, 5) is 12.6. The van der Waals surface area contributed by atoms with E-state index in [4.69, 9.17) is 17.3 Å². The summed E-state index contributed by atoms with van der Waals surface area (Å²) in [5.74, 6) is -0.227. The van der Waals surface area contributed by atoms with Crippen LogP contribution in [-0.4, -0.2) is 15.6 Å². The molecule has 1 aromatic heterocycles. The van der Waals surface area contributed by atoms with E-state index in [1.54, 1.807) is 22.9 Å². The molecule has 0 amide bonds. The van der Waals surface area contributed by atoms with Gasteiger partial charge in [-0.3, -0.25) is 9.48 Å². The van der Waals surface area contributed by atoms with Gasteiger partial charge in [-0.1, -0.05) is 27.5 Å². The molecule has 0 aliphatic rings. The van der Waals surface area contributed by atoms with Gasteiger partial charge >= 0.3 is 0 Å². The molecule has 0 fully saturated rings. The van der Waals surface area contributed by atoms with Gasteiger partial charge in [0, 0.05) is 21.8 Å². The smallest absolute Gasteiger partial charge is 0.214 e. The molecule has 2 rings (SSSR count). The van der Waals surface area contributed by atoms with Gasteiger partial charge in [0.2, 0.25) is 5.78 Å². The number of rotatable bonds is 3. The maximum atomic E-state index is 12.6. The van der Waals surface area contributed by atoms with Crippen molar-refractivity contribution in [2.24, 2.45) is 0 Å². The third-order valence-corrected chi connectivity index (χ3v) is 3.48. The third-order valence-electron chi connectivity index (χ3n) is 2.71. The second kappa shape index (κ2) is 5.35. The fraction of sp³-hybridized carbons (Fsp3) is 0.231. The van der Waals surface area contributed by atoms with Crippen LogP contribution in [0.25, 0.3) is 0 Å². The van der Waals surface area contributed by atoms with E-state index in [1.165, 1.54) is 6.20 Å². The monoisotopic (exact) mass is 341 g/mol. The summed E-state index contributed by atoms with van der Waals surface area (Å²) in [6.07, 6.45) is 1.48. The number of aromatic nitrogens is 2. The van der Waals surface area contributed by atoms with Crippen molar-refractivity contribution in [3.8, 4) is 0 Å². The summed E-state index contributed by atoms with van der Waals surface area (Å²) in [6.45, 7) is 3.87. The summed E-state index contributed by atoms with van der Waals surface area (Å²) in [5.41, 5.74) is 7.05. The Morgan fingerprint density at radius 2 is 2.16 bits per heavy atom. The van der Waals surface area contributed by atoms with Gasteiger partial charge in [-0.05, 0) is 32.0 Å². The minimum Gasteiger partial charge on any atom is -0.398 e. The number of hydrogen-bond acceptors (Lipinski definition) is 3. The van der Waals surface area contributed by atoms with Crippen LogP contribution in [0, 0.1) is 0 Å². The van der Waals surface area contributed by atoms with Crippen LogP contribution in [0.5, 0.6) is 0 Å². The molecule has 0 bridgehead atoms. The van der Waals surface area contributed by atoms with E-state index in [2.05, 4.69) is 21.0 Å². The number of nitrogens with zero attached hydrogens (tertiary/aromatic N) is 2. The van der Waals surface area contributed by atoms with Crippen molar-refractivity contribution in [2.75, 3.05) is 5.73 Å². The van der Waals surface area contributed by atoms with Crippen molar-refractivity contribution in [1.29, 1.82) is 0 Å². The molecule has 2 N–H and O–H groups in total. The Bertz CT molecular complexity index is 637. The Hall–Kier alpha value is -1.33. The molecule has 0 saturated carbocycles. The van der Waals surface area contributed by atoms with Gasteiger partial charge in [-0.2, -0.15) is 5.10 Å². The van der Waals surface area contributed by atoms with Crippen LogP contribution in [0.15, 0.2) is 28.9 Å². The van der Waals surface area contributed by atoms with Crippen molar-refractivity contribution in [3.63, 3.8) is 0 Å². The summed E-state index contributed by atoms with van der Waals surface area (Å²) < 4.78 is 2.39. The fourth-order valence-electron chi connectivity index (χ4n) is 1.80. The summed E-state index contributed by atoms with van der Waals surface area (Å²) >= 11 is 9.40. The van der Waals surface area contributed by atoms with Crippen molar-refractivity contribution < 1.29 is 4.79 Å². The van der Waals surface area contributed by atoms with Crippen LogP contribution in [-0.2, 0) is 0 Å². The van der Waals surface area contributed by atoms with Crippen LogP contribution >= 0.6 is 27.5 Å². The lowest BCUT2D eigenvalue weighted by molar-refractivity contribution is 0.102. The van der Waals surface area contributed by atoms with E-state index >= 15 is 0 Å². The van der Waals surface area contributed by atoms with Gasteiger partial charge in [0.15, 0.2) is 0 Å². The van der Waals surface area contributed by atoms with E-state index in [9.17, 15) is 4.79 Å². The zero-order valence-electron chi connectivity index (χ0n) is 10.5. The number of hydrogen-bond donors (Lipinski definition) is 1. The average molecular weight is 343 g/mol. The van der Waals surface area contributed by atoms with E-state index in [0.717, 1.165) is 4.47 Å². The van der Waals surface area contributed by atoms with Crippen LogP contribution in [0.1, 0.15) is 35.9 Å². The lowest BCUT2D eigenvalue weighted by atomic mass is 10.1. The molecule has 1 heterocycles. The standard InChI is InChI=1S/C13H13BrClN3O/c1-7(2)18-12(10(15)6-17-18)13(19)9-5-8(14)3-4-11(9)16/h3-7H,16H2,1-2H3. The SMILES string of the molecule is CC(C)n1ncc(Cl)c1C(=O)c1cc(Br)ccc1N. The molecule has 0 unspecified atom stereocenters. The van der Waals surface area contributed by atoms with E-state index in [0.29, 0.717) is 22.0 Å². The summed E-state index contributed by atoms with van der Waals surface area (Å²) in [6, 6.07) is 5.19. The molecular weight excluding hydrogens is 330 g/mol. The minimum atomic E-state index is -0.227. The van der Waals surface area contributed by atoms with Gasteiger partial charge in [0.25, 0.3) is 0 Å². The Morgan fingerprint density at radius 1 is 1.47 bits per heavy atom. The van der Waals surface area contributed by atoms with Crippen LogP contribution < -0.4 is 5.73 Å². The molecule has 1 aromatic carbocycles. The molecule has 0 aliphatic carbocycles. The topological polar surface area (TPSA) is 60.9 Å². The van der Waals surface area contributed by atoms with Gasteiger partial charge in [0.1, 0.15) is 5.69 Å². The van der Waals surface area contributed by atoms with Crippen LogP contribution in [0.4, 0.5) is 5.69 Å². The first-order chi connectivity index (χ1) is 8.91. The average Bonchev–Trinajstić information content (AvgIpc) is 2.73. The Balaban J connectivity index is 2.56. The highest BCUT2D eigenvalue weighted by Gasteiger charge is 2.22. The van der Waals surface area contributed by atoms with Crippen LogP contribution in [0.3, 0.4) is 0 Å². The van der Waals surface area contributed by atoms with Gasteiger partial charge in [-0.25, -0.2) is 0 Å². The molecule has 100 valence electrons. The van der Waals surface area contributed by atoms with E-state index in [-0.39, 0.29) is 11.8 Å². The molecule has 0 spiro atoms. The molecular formula is C13H13BrClN3O. The first-order valence-corrected chi connectivity index (χ1v) is 6.91. The normalized spacial score (nSPS) is 11.0. The zero-order valence-corrected chi connectivity index (χ0v) is 12.9. The summed E-state index contributed by atoms with van der Waals surface area (Å²) in [5, 5.41) is 4.46. The molecule has 0 radical (unpaired) electrons. The predicted molar refractivity (Wildman–Crippen MR) is 79.6 cm³/mol. The fourth-order valence-corrected chi connectivity index (χ4v) is 2.38. The van der Waals surface area contributed by atoms with Gasteiger partial charge in [-0.15, -0.1) is 0 Å². The Kier molecular flexibility index (Phi) is 3.96. The quantitative estimate of drug-likeness (QED) is 0.683. The Labute approximate surface area is 124 Å². The van der Waals surface area contributed by atoms with Crippen molar-refractivity contribution >= 4 is 39.0 Å². The van der Waals surface area contributed by atoms with Gasteiger partial charge in [0.05, 0.1) is 11.2 Å². The largest absolute Gasteiger partial charge is 0.398 e. The predicted octanol–water partition coefficient (Wildman–Crippen LogP) is 3.69. The maximum absolute atomic E-state index is 12.6. The highest BCUT2D eigenvalue weighted by Crippen LogP contribution is 2.26. The molecule has 0 aliphatic heterocycles. The van der Waals surface area contributed by atoms with Crippen molar-refractivity contribution in [3.05, 3.63) is 45.1 Å². The van der Waals surface area contributed by atoms with Crippen molar-refractivity contribution in [2.45, 2.75) is 19.9 Å². The van der Waals surface area contributed by atoms with Crippen LogP contribution in [0.2, 0.25) is 5.02 Å². The number of nitrogens with two attached hydrogens (primary N) is 1. The number of benzene rings is 1. The zero-order chi connectivity index (χ0) is 14.2. The molecule has 19 heavy (non-hydrogen) atoms. The maximum Gasteiger partial charge on any atom is 0.214 e. The lowest BCUT2D eigenvalue weighted by Crippen LogP contribution is -2.15. The van der Waals surface area contributed by atoms with E-state index < -0.39 is 0 Å². The minimum absolute atomic E-state index is 0.0415. The van der Waals surface area contributed by atoms with Crippen molar-refractivity contribution in [1.82, 2.24) is 9.78 Å². The number of carbonyl (C=O) groups is 1. The molecule has 2 aromatic rings. The van der Waals surface area contributed by atoms with E-state index in [1.807, 2.05) is 13.8 Å². The molecule has 0 saturated heterocycles. The third kappa shape index (κ3) is 2.67. The highest BCUT2D eigenvalue weighted by atomic mass is 79.9. The molecule has 6 heteroatoms. The second-order valence-corrected chi connectivity index (χ2v) is 5.76. The Morgan fingerprint density at radius 3 is 2.79 bits per heavy atom. The number of nitrogen functional groups attached to an aromatic ring is 1.